The number of ether oxygens (including phenoxy) is 1. The Hall–Kier alpha value is -2.83. The van der Waals surface area contributed by atoms with E-state index >= 15 is 0 Å². The first-order valence-corrected chi connectivity index (χ1v) is 9.27. The summed E-state index contributed by atoms with van der Waals surface area (Å²) >= 11 is 7.36. The van der Waals surface area contributed by atoms with Crippen LogP contribution in [0.5, 0.6) is 5.75 Å². The van der Waals surface area contributed by atoms with Gasteiger partial charge in [-0.2, -0.15) is 0 Å². The fraction of sp³-hybridized carbons (Fsp3) is 0.100. The molecule has 1 amide bonds. The van der Waals surface area contributed by atoms with Crippen LogP contribution in [0.4, 0.5) is 5.69 Å². The largest absolute Gasteiger partial charge is 0.495 e. The van der Waals surface area contributed by atoms with Gasteiger partial charge in [0.1, 0.15) is 11.3 Å². The van der Waals surface area contributed by atoms with Crippen molar-refractivity contribution in [1.82, 2.24) is 0 Å². The van der Waals surface area contributed by atoms with Crippen molar-refractivity contribution in [3.05, 3.63) is 68.3 Å². The van der Waals surface area contributed by atoms with Crippen molar-refractivity contribution >= 4 is 55.6 Å². The van der Waals surface area contributed by atoms with Gasteiger partial charge in [0.05, 0.1) is 27.1 Å². The summed E-state index contributed by atoms with van der Waals surface area (Å²) < 4.78 is 11.2. The number of benzene rings is 2. The molecule has 0 unspecified atom stereocenters. The van der Waals surface area contributed by atoms with Crippen molar-refractivity contribution in [3.63, 3.8) is 0 Å². The van der Waals surface area contributed by atoms with Gasteiger partial charge in [0.2, 0.25) is 0 Å². The van der Waals surface area contributed by atoms with E-state index in [1.165, 1.54) is 18.4 Å². The summed E-state index contributed by atoms with van der Waals surface area (Å²) in [5, 5.41) is 4.41. The average Bonchev–Trinajstić information content (AvgIpc) is 3.09. The number of halogens is 1. The summed E-state index contributed by atoms with van der Waals surface area (Å²) in [5.41, 5.74) is 1.64. The molecule has 0 spiro atoms. The molecule has 0 aliphatic heterocycles. The molecule has 0 aliphatic rings. The summed E-state index contributed by atoms with van der Waals surface area (Å²) in [6, 6.07) is 12.1. The van der Waals surface area contributed by atoms with Crippen LogP contribution in [0.3, 0.4) is 0 Å². The maximum atomic E-state index is 12.7. The zero-order chi connectivity index (χ0) is 19.1. The zero-order valence-corrected chi connectivity index (χ0v) is 16.0. The highest BCUT2D eigenvalue weighted by Gasteiger charge is 2.16. The molecule has 0 aliphatic carbocycles. The highest BCUT2D eigenvalue weighted by Crippen LogP contribution is 2.32. The third-order valence-electron chi connectivity index (χ3n) is 4.17. The van der Waals surface area contributed by atoms with Crippen molar-refractivity contribution in [2.75, 3.05) is 12.4 Å². The third-order valence-corrected chi connectivity index (χ3v) is 5.63. The van der Waals surface area contributed by atoms with Crippen molar-refractivity contribution in [2.45, 2.75) is 6.92 Å². The minimum atomic E-state index is -0.454. The number of amides is 1. The Morgan fingerprint density at radius 2 is 1.96 bits per heavy atom. The van der Waals surface area contributed by atoms with Gasteiger partial charge in [-0.05, 0) is 43.3 Å². The SMILES string of the molecule is COc1ccc(NC(=O)c2cc3c(=O)oc4ccc(C)cc4c3s2)cc1Cl. The van der Waals surface area contributed by atoms with E-state index in [-0.39, 0.29) is 5.91 Å². The lowest BCUT2D eigenvalue weighted by Gasteiger charge is -2.07. The second-order valence-electron chi connectivity index (χ2n) is 6.05. The van der Waals surface area contributed by atoms with Gasteiger partial charge in [-0.1, -0.05) is 23.2 Å². The van der Waals surface area contributed by atoms with Crippen LogP contribution >= 0.6 is 22.9 Å². The van der Waals surface area contributed by atoms with Gasteiger partial charge < -0.3 is 14.5 Å². The fourth-order valence-corrected chi connectivity index (χ4v) is 4.18. The Morgan fingerprint density at radius 1 is 1.15 bits per heavy atom. The van der Waals surface area contributed by atoms with Crippen molar-refractivity contribution in [1.29, 1.82) is 0 Å². The van der Waals surface area contributed by atoms with E-state index in [1.807, 2.05) is 19.1 Å². The van der Waals surface area contributed by atoms with E-state index in [2.05, 4.69) is 5.32 Å². The lowest BCUT2D eigenvalue weighted by Crippen LogP contribution is -2.10. The molecule has 0 atom stereocenters. The topological polar surface area (TPSA) is 68.5 Å². The highest BCUT2D eigenvalue weighted by molar-refractivity contribution is 7.21. The molecule has 1 N–H and O–H groups in total. The monoisotopic (exact) mass is 399 g/mol. The van der Waals surface area contributed by atoms with Crippen LogP contribution in [-0.2, 0) is 0 Å². The first kappa shape index (κ1) is 17.6. The van der Waals surface area contributed by atoms with Crippen molar-refractivity contribution in [2.24, 2.45) is 0 Å². The van der Waals surface area contributed by atoms with Gasteiger partial charge in [-0.25, -0.2) is 4.79 Å². The molecule has 0 saturated heterocycles. The van der Waals surface area contributed by atoms with Crippen LogP contribution in [-0.4, -0.2) is 13.0 Å². The molecule has 7 heteroatoms. The van der Waals surface area contributed by atoms with Crippen LogP contribution in [0.2, 0.25) is 5.02 Å². The minimum absolute atomic E-state index is 0.322. The van der Waals surface area contributed by atoms with E-state index < -0.39 is 5.63 Å². The standard InChI is InChI=1S/C20H14ClNO4S/c1-10-3-5-15-12(7-10)18-13(20(24)26-15)9-17(27-18)19(23)22-11-4-6-16(25-2)14(21)8-11/h3-9H,1-2H3,(H,22,23). The molecule has 2 aromatic carbocycles. The normalized spacial score (nSPS) is 11.1. The summed E-state index contributed by atoms with van der Waals surface area (Å²) in [6.45, 7) is 1.96. The number of aryl methyl sites for hydroxylation is 1. The fourth-order valence-electron chi connectivity index (χ4n) is 2.86. The predicted octanol–water partition coefficient (Wildman–Crippen LogP) is 5.23. The molecular weight excluding hydrogens is 386 g/mol. The van der Waals surface area contributed by atoms with E-state index in [9.17, 15) is 9.59 Å². The number of carbonyl (C=O) groups is 1. The smallest absolute Gasteiger partial charge is 0.345 e. The molecule has 5 nitrogen and oxygen atoms in total. The van der Waals surface area contributed by atoms with Crippen molar-refractivity contribution in [3.8, 4) is 5.75 Å². The molecule has 2 aromatic heterocycles. The molecule has 0 radical (unpaired) electrons. The number of carbonyl (C=O) groups excluding carboxylic acids is 1. The molecule has 4 aromatic rings. The van der Waals surface area contributed by atoms with Crippen LogP contribution in [0.15, 0.2) is 51.7 Å². The summed E-state index contributed by atoms with van der Waals surface area (Å²) in [4.78, 5) is 25.3. The van der Waals surface area contributed by atoms with Crippen molar-refractivity contribution < 1.29 is 13.9 Å². The Balaban J connectivity index is 1.75. The maximum Gasteiger partial charge on any atom is 0.345 e. The second kappa shape index (κ2) is 6.72. The van der Waals surface area contributed by atoms with Crippen LogP contribution in [0.1, 0.15) is 15.2 Å². The Kier molecular flexibility index (Phi) is 4.37. The molecule has 4 rings (SSSR count). The number of rotatable bonds is 3. The molecule has 0 fully saturated rings. The van der Waals surface area contributed by atoms with Crippen LogP contribution < -0.4 is 15.7 Å². The Labute approximate surface area is 163 Å². The minimum Gasteiger partial charge on any atom is -0.495 e. The lowest BCUT2D eigenvalue weighted by atomic mass is 10.1. The molecule has 27 heavy (non-hydrogen) atoms. The molecular formula is C20H14ClNO4S. The summed E-state index contributed by atoms with van der Waals surface area (Å²) in [5.74, 6) is 0.202. The lowest BCUT2D eigenvalue weighted by molar-refractivity contribution is 0.103. The molecule has 2 heterocycles. The number of hydrogen-bond acceptors (Lipinski definition) is 5. The number of fused-ring (bicyclic) bond motifs is 3. The summed E-state index contributed by atoms with van der Waals surface area (Å²) in [6.07, 6.45) is 0. The number of anilines is 1. The van der Waals surface area contributed by atoms with Gasteiger partial charge in [0.15, 0.2) is 0 Å². The Bertz CT molecular complexity index is 1260. The first-order chi connectivity index (χ1) is 13.0. The predicted molar refractivity (Wildman–Crippen MR) is 109 cm³/mol. The number of thiophene rings is 1. The molecule has 136 valence electrons. The highest BCUT2D eigenvalue weighted by atomic mass is 35.5. The number of methoxy groups -OCH3 is 1. The second-order valence-corrected chi connectivity index (χ2v) is 7.51. The van der Waals surface area contributed by atoms with Gasteiger partial charge >= 0.3 is 5.63 Å². The van der Waals surface area contributed by atoms with E-state index in [1.54, 1.807) is 30.3 Å². The maximum absolute atomic E-state index is 12.7. The quantitative estimate of drug-likeness (QED) is 0.479. The zero-order valence-electron chi connectivity index (χ0n) is 14.5. The van der Waals surface area contributed by atoms with Crippen LogP contribution in [0, 0.1) is 6.92 Å². The van der Waals surface area contributed by atoms with Gasteiger partial charge in [-0.3, -0.25) is 4.79 Å². The van der Waals surface area contributed by atoms with Gasteiger partial charge in [-0.15, -0.1) is 11.3 Å². The van der Waals surface area contributed by atoms with Crippen LogP contribution in [0.25, 0.3) is 21.1 Å². The van der Waals surface area contributed by atoms with E-state index in [4.69, 9.17) is 20.8 Å². The number of nitrogens with one attached hydrogen (secondary N) is 1. The third kappa shape index (κ3) is 3.18. The van der Waals surface area contributed by atoms with Gasteiger partial charge in [0.25, 0.3) is 5.91 Å². The Morgan fingerprint density at radius 3 is 2.70 bits per heavy atom. The molecule has 0 saturated carbocycles. The van der Waals surface area contributed by atoms with Gasteiger partial charge in [0, 0.05) is 11.1 Å². The van der Waals surface area contributed by atoms with E-state index in [0.29, 0.717) is 32.3 Å². The average molecular weight is 400 g/mol. The summed E-state index contributed by atoms with van der Waals surface area (Å²) in [7, 11) is 1.52. The molecule has 0 bridgehead atoms. The van der Waals surface area contributed by atoms with E-state index in [0.717, 1.165) is 15.6 Å². The number of hydrogen-bond donors (Lipinski definition) is 1. The first-order valence-electron chi connectivity index (χ1n) is 8.08.